The van der Waals surface area contributed by atoms with Crippen molar-refractivity contribution in [1.82, 2.24) is 0 Å². The summed E-state index contributed by atoms with van der Waals surface area (Å²) in [6.45, 7) is 9.77. The molecule has 2 aliphatic carbocycles. The third-order valence-corrected chi connectivity index (χ3v) is 4.18. The van der Waals surface area contributed by atoms with Crippen LogP contribution in [0.3, 0.4) is 0 Å². The zero-order valence-corrected chi connectivity index (χ0v) is 7.57. The fourth-order valence-electron chi connectivity index (χ4n) is 3.26. The summed E-state index contributed by atoms with van der Waals surface area (Å²) < 4.78 is 0. The van der Waals surface area contributed by atoms with Crippen LogP contribution < -0.4 is 0 Å². The average Bonchev–Trinajstić information content (AvgIpc) is 2.38. The summed E-state index contributed by atoms with van der Waals surface area (Å²) in [5, 5.41) is 0. The van der Waals surface area contributed by atoms with E-state index < -0.39 is 0 Å². The molecule has 0 amide bonds. The first-order chi connectivity index (χ1) is 4.47. The third-order valence-electron chi connectivity index (χ3n) is 4.18. The van der Waals surface area contributed by atoms with Crippen LogP contribution in [-0.2, 0) is 0 Å². The van der Waals surface area contributed by atoms with Crippen molar-refractivity contribution in [3.63, 3.8) is 0 Å². The predicted octanol–water partition coefficient (Wildman–Crippen LogP) is 3.08. The van der Waals surface area contributed by atoms with E-state index in [2.05, 4.69) is 27.7 Å². The van der Waals surface area contributed by atoms with Gasteiger partial charge in [-0.25, -0.2) is 0 Å². The van der Waals surface area contributed by atoms with Gasteiger partial charge in [-0.15, -0.1) is 0 Å². The van der Waals surface area contributed by atoms with Gasteiger partial charge in [0.25, 0.3) is 0 Å². The molecule has 2 saturated carbocycles. The first-order valence-electron chi connectivity index (χ1n) is 4.47. The molecule has 3 unspecified atom stereocenters. The van der Waals surface area contributed by atoms with Crippen molar-refractivity contribution < 1.29 is 0 Å². The Bertz CT molecular complexity index is 164. The van der Waals surface area contributed by atoms with Crippen LogP contribution in [-0.4, -0.2) is 0 Å². The van der Waals surface area contributed by atoms with Crippen LogP contribution in [0.4, 0.5) is 0 Å². The van der Waals surface area contributed by atoms with Gasteiger partial charge in [0.2, 0.25) is 0 Å². The Morgan fingerprint density at radius 3 is 1.80 bits per heavy atom. The van der Waals surface area contributed by atoms with E-state index in [1.165, 1.54) is 12.8 Å². The quantitative estimate of drug-likeness (QED) is 0.482. The zero-order valence-electron chi connectivity index (χ0n) is 7.57. The van der Waals surface area contributed by atoms with E-state index >= 15 is 0 Å². The molecule has 2 rings (SSSR count). The first kappa shape index (κ1) is 6.69. The molecule has 0 heteroatoms. The van der Waals surface area contributed by atoms with Crippen molar-refractivity contribution in [2.45, 2.75) is 40.5 Å². The van der Waals surface area contributed by atoms with Crippen molar-refractivity contribution >= 4 is 0 Å². The molecule has 0 aromatic heterocycles. The number of hydrogen-bond donors (Lipinski definition) is 0. The summed E-state index contributed by atoms with van der Waals surface area (Å²) in [6.07, 6.45) is 2.95. The maximum atomic E-state index is 2.47. The predicted molar refractivity (Wildman–Crippen MR) is 43.8 cm³/mol. The minimum Gasteiger partial charge on any atom is -0.0620 e. The highest BCUT2D eigenvalue weighted by atomic mass is 14.7. The summed E-state index contributed by atoms with van der Waals surface area (Å²) in [5.74, 6) is 2.03. The molecule has 0 spiro atoms. The second-order valence-electron chi connectivity index (χ2n) is 5.36. The fraction of sp³-hybridized carbons (Fsp3) is 1.00. The lowest BCUT2D eigenvalue weighted by Gasteiger charge is -2.20. The molecule has 3 atom stereocenters. The first-order valence-corrected chi connectivity index (χ1v) is 4.47. The zero-order chi connectivity index (χ0) is 7.57. The Balaban J connectivity index is 2.26. The van der Waals surface area contributed by atoms with Gasteiger partial charge in [0.05, 0.1) is 0 Å². The molecular weight excluding hydrogens is 120 g/mol. The van der Waals surface area contributed by atoms with Gasteiger partial charge in [0.1, 0.15) is 0 Å². The Labute approximate surface area is 64.0 Å². The molecule has 58 valence electrons. The Morgan fingerprint density at radius 1 is 1.10 bits per heavy atom. The maximum Gasteiger partial charge on any atom is -0.0263 e. The van der Waals surface area contributed by atoms with Crippen molar-refractivity contribution in [2.24, 2.45) is 22.7 Å². The van der Waals surface area contributed by atoms with Crippen molar-refractivity contribution in [3.05, 3.63) is 0 Å². The molecule has 2 fully saturated rings. The SMILES string of the molecule is CC1CC(C)(C)C2CC12C. The molecule has 0 heterocycles. The molecule has 0 aromatic carbocycles. The minimum atomic E-state index is 0.661. The van der Waals surface area contributed by atoms with Gasteiger partial charge in [-0.1, -0.05) is 27.7 Å². The highest BCUT2D eigenvalue weighted by Crippen LogP contribution is 2.72. The van der Waals surface area contributed by atoms with Crippen LogP contribution in [0.2, 0.25) is 0 Å². The molecular formula is C10H18. The highest BCUT2D eigenvalue weighted by molar-refractivity contribution is 5.14. The van der Waals surface area contributed by atoms with Gasteiger partial charge < -0.3 is 0 Å². The van der Waals surface area contributed by atoms with Crippen LogP contribution >= 0.6 is 0 Å². The molecule has 2 aliphatic rings. The van der Waals surface area contributed by atoms with Gasteiger partial charge in [-0.3, -0.25) is 0 Å². The van der Waals surface area contributed by atoms with E-state index in [0.29, 0.717) is 5.41 Å². The van der Waals surface area contributed by atoms with Crippen molar-refractivity contribution in [2.75, 3.05) is 0 Å². The van der Waals surface area contributed by atoms with E-state index in [9.17, 15) is 0 Å². The summed E-state index contributed by atoms with van der Waals surface area (Å²) in [4.78, 5) is 0. The molecule has 0 aliphatic heterocycles. The smallest absolute Gasteiger partial charge is 0.0263 e. The largest absolute Gasteiger partial charge is 0.0620 e. The molecule has 0 N–H and O–H groups in total. The van der Waals surface area contributed by atoms with E-state index in [1.54, 1.807) is 0 Å². The van der Waals surface area contributed by atoms with Gasteiger partial charge >= 0.3 is 0 Å². The summed E-state index contributed by atoms with van der Waals surface area (Å²) in [6, 6.07) is 0. The topological polar surface area (TPSA) is 0 Å². The van der Waals surface area contributed by atoms with Crippen LogP contribution in [0.25, 0.3) is 0 Å². The molecule has 0 radical (unpaired) electrons. The van der Waals surface area contributed by atoms with E-state index in [4.69, 9.17) is 0 Å². The van der Waals surface area contributed by atoms with Crippen LogP contribution in [0.15, 0.2) is 0 Å². The molecule has 0 nitrogen and oxygen atoms in total. The van der Waals surface area contributed by atoms with Crippen LogP contribution in [0.5, 0.6) is 0 Å². The number of hydrogen-bond acceptors (Lipinski definition) is 0. The van der Waals surface area contributed by atoms with Gasteiger partial charge in [-0.05, 0) is 35.5 Å². The Kier molecular flexibility index (Phi) is 0.964. The fourth-order valence-corrected chi connectivity index (χ4v) is 3.26. The Hall–Kier alpha value is 0. The maximum absolute atomic E-state index is 2.47. The second kappa shape index (κ2) is 1.44. The number of fused-ring (bicyclic) bond motifs is 1. The lowest BCUT2D eigenvalue weighted by atomic mass is 9.85. The summed E-state index contributed by atoms with van der Waals surface area (Å²) in [7, 11) is 0. The third kappa shape index (κ3) is 0.580. The standard InChI is InChI=1S/C10H18/c1-7-5-9(2,3)8-6-10(7,8)4/h7-8H,5-6H2,1-4H3. The monoisotopic (exact) mass is 138 g/mol. The number of rotatable bonds is 0. The normalized spacial score (nSPS) is 56.4. The second-order valence-corrected chi connectivity index (χ2v) is 5.36. The van der Waals surface area contributed by atoms with Crippen molar-refractivity contribution in [1.29, 1.82) is 0 Å². The molecule has 10 heavy (non-hydrogen) atoms. The van der Waals surface area contributed by atoms with E-state index in [0.717, 1.165) is 17.3 Å². The molecule has 0 saturated heterocycles. The van der Waals surface area contributed by atoms with E-state index in [1.807, 2.05) is 0 Å². The van der Waals surface area contributed by atoms with Gasteiger partial charge in [0.15, 0.2) is 0 Å². The lowest BCUT2D eigenvalue weighted by Crippen LogP contribution is -2.10. The lowest BCUT2D eigenvalue weighted by molar-refractivity contribution is 0.301. The molecule has 0 bridgehead atoms. The van der Waals surface area contributed by atoms with Gasteiger partial charge in [0, 0.05) is 0 Å². The molecule has 0 aromatic rings. The minimum absolute atomic E-state index is 0.661. The van der Waals surface area contributed by atoms with Crippen molar-refractivity contribution in [3.8, 4) is 0 Å². The van der Waals surface area contributed by atoms with Crippen LogP contribution in [0.1, 0.15) is 40.5 Å². The summed E-state index contributed by atoms with van der Waals surface area (Å²) in [5.41, 5.74) is 1.41. The summed E-state index contributed by atoms with van der Waals surface area (Å²) >= 11 is 0. The Morgan fingerprint density at radius 2 is 1.70 bits per heavy atom. The van der Waals surface area contributed by atoms with Crippen LogP contribution in [0, 0.1) is 22.7 Å². The van der Waals surface area contributed by atoms with E-state index in [-0.39, 0.29) is 0 Å². The average molecular weight is 138 g/mol. The highest BCUT2D eigenvalue weighted by Gasteiger charge is 2.65. The van der Waals surface area contributed by atoms with Gasteiger partial charge in [-0.2, -0.15) is 0 Å².